The van der Waals surface area contributed by atoms with Gasteiger partial charge in [0.05, 0.1) is 23.1 Å². The van der Waals surface area contributed by atoms with E-state index in [1.54, 1.807) is 12.1 Å². The number of thiophene rings is 1. The Morgan fingerprint density at radius 1 is 1.26 bits per heavy atom. The number of fused-ring (bicyclic) bond motifs is 1. The lowest BCUT2D eigenvalue weighted by atomic mass is 9.88. The maximum atomic E-state index is 12.8. The molecule has 1 aromatic heterocycles. The quantitative estimate of drug-likeness (QED) is 0.786. The van der Waals surface area contributed by atoms with Gasteiger partial charge in [-0.05, 0) is 42.9 Å². The second kappa shape index (κ2) is 7.44. The number of carbonyl (C=O) groups excluding carboxylic acids is 2. The minimum atomic E-state index is -3.56. The number of nitrogens with one attached hydrogen (secondary N) is 1. The van der Waals surface area contributed by atoms with Crippen LogP contribution in [0.4, 0.5) is 5.00 Å². The van der Waals surface area contributed by atoms with Crippen molar-refractivity contribution in [3.63, 3.8) is 0 Å². The lowest BCUT2D eigenvalue weighted by Crippen LogP contribution is -2.18. The molecule has 144 valence electrons. The number of carbonyl (C=O) groups is 2. The van der Waals surface area contributed by atoms with E-state index in [1.807, 2.05) is 0 Å². The maximum absolute atomic E-state index is 12.8. The molecular weight excluding hydrogens is 386 g/mol. The molecule has 6 nitrogen and oxygen atoms in total. The van der Waals surface area contributed by atoms with Crippen molar-refractivity contribution in [1.82, 2.24) is 0 Å². The van der Waals surface area contributed by atoms with Crippen molar-refractivity contribution in [1.29, 1.82) is 0 Å². The monoisotopic (exact) mass is 407 g/mol. The van der Waals surface area contributed by atoms with Gasteiger partial charge in [0.15, 0.2) is 9.84 Å². The van der Waals surface area contributed by atoms with Crippen LogP contribution in [0.1, 0.15) is 44.5 Å². The van der Waals surface area contributed by atoms with Gasteiger partial charge in [0.1, 0.15) is 5.00 Å². The summed E-state index contributed by atoms with van der Waals surface area (Å²) in [5, 5.41) is 3.15. The first kappa shape index (κ1) is 19.6. The average molecular weight is 408 g/mol. The molecule has 0 saturated carbocycles. The molecule has 0 fully saturated rings. The highest BCUT2D eigenvalue weighted by Crippen LogP contribution is 2.40. The molecule has 0 saturated heterocycles. The van der Waals surface area contributed by atoms with E-state index in [0.717, 1.165) is 36.0 Å². The molecule has 1 aliphatic rings. The Bertz CT molecular complexity index is 1010. The number of sulfone groups is 1. The zero-order chi connectivity index (χ0) is 19.8. The molecule has 8 heteroatoms. The lowest BCUT2D eigenvalue weighted by Gasteiger charge is -2.18. The molecule has 1 N–H and O–H groups in total. The van der Waals surface area contributed by atoms with Gasteiger partial charge in [-0.25, -0.2) is 13.2 Å². The van der Waals surface area contributed by atoms with E-state index in [0.29, 0.717) is 16.5 Å². The van der Waals surface area contributed by atoms with Crippen LogP contribution in [0, 0.1) is 5.92 Å². The molecule has 0 unspecified atom stereocenters. The van der Waals surface area contributed by atoms with Gasteiger partial charge in [-0.2, -0.15) is 0 Å². The largest absolute Gasteiger partial charge is 0.465 e. The number of esters is 1. The molecule has 1 aliphatic carbocycles. The van der Waals surface area contributed by atoms with Crippen LogP contribution in [-0.4, -0.2) is 33.7 Å². The molecule has 1 atom stereocenters. The van der Waals surface area contributed by atoms with Gasteiger partial charge in [0.25, 0.3) is 5.91 Å². The Morgan fingerprint density at radius 3 is 2.63 bits per heavy atom. The molecule has 0 bridgehead atoms. The zero-order valence-corrected chi connectivity index (χ0v) is 17.0. The highest BCUT2D eigenvalue weighted by atomic mass is 32.2. The summed E-state index contributed by atoms with van der Waals surface area (Å²) in [5.74, 6) is -0.544. The second-order valence-electron chi connectivity index (χ2n) is 6.77. The van der Waals surface area contributed by atoms with Gasteiger partial charge in [0.2, 0.25) is 0 Å². The van der Waals surface area contributed by atoms with Crippen LogP contribution in [0.5, 0.6) is 0 Å². The predicted octanol–water partition coefficient (Wildman–Crippen LogP) is 3.32. The number of methoxy groups -OCH3 is 1. The van der Waals surface area contributed by atoms with Gasteiger partial charge in [-0.1, -0.05) is 19.1 Å². The fourth-order valence-corrected chi connectivity index (χ4v) is 5.58. The summed E-state index contributed by atoms with van der Waals surface area (Å²) in [4.78, 5) is 26.2. The summed E-state index contributed by atoms with van der Waals surface area (Å²) in [6, 6.07) is 6.02. The number of rotatable bonds is 4. The zero-order valence-electron chi connectivity index (χ0n) is 15.4. The number of benzene rings is 1. The van der Waals surface area contributed by atoms with E-state index in [9.17, 15) is 18.0 Å². The van der Waals surface area contributed by atoms with E-state index < -0.39 is 21.7 Å². The van der Waals surface area contributed by atoms with Crippen molar-refractivity contribution < 1.29 is 22.7 Å². The van der Waals surface area contributed by atoms with Crippen molar-refractivity contribution in [3.8, 4) is 0 Å². The van der Waals surface area contributed by atoms with Crippen molar-refractivity contribution in [3.05, 3.63) is 45.8 Å². The molecule has 3 rings (SSSR count). The summed E-state index contributed by atoms with van der Waals surface area (Å²) in [7, 11) is -2.25. The van der Waals surface area contributed by atoms with E-state index in [2.05, 4.69) is 12.2 Å². The first-order valence-corrected chi connectivity index (χ1v) is 11.3. The molecule has 1 amide bonds. The van der Waals surface area contributed by atoms with Gasteiger partial charge in [-0.15, -0.1) is 11.3 Å². The summed E-state index contributed by atoms with van der Waals surface area (Å²) in [5.41, 5.74) is 1.36. The van der Waals surface area contributed by atoms with Crippen molar-refractivity contribution in [2.45, 2.75) is 31.1 Å². The fourth-order valence-electron chi connectivity index (χ4n) is 3.30. The molecule has 0 spiro atoms. The Morgan fingerprint density at radius 2 is 1.96 bits per heavy atom. The molecule has 1 aromatic carbocycles. The predicted molar refractivity (Wildman–Crippen MR) is 104 cm³/mol. The van der Waals surface area contributed by atoms with Crippen LogP contribution in [-0.2, 0) is 27.4 Å². The summed E-state index contributed by atoms with van der Waals surface area (Å²) >= 11 is 1.36. The number of amides is 1. The second-order valence-corrected chi connectivity index (χ2v) is 9.86. The minimum Gasteiger partial charge on any atom is -0.465 e. The number of hydrogen-bond donors (Lipinski definition) is 1. The van der Waals surface area contributed by atoms with Gasteiger partial charge in [0, 0.05) is 11.1 Å². The van der Waals surface area contributed by atoms with Crippen LogP contribution in [0.3, 0.4) is 0 Å². The number of ether oxygens (including phenoxy) is 1. The van der Waals surface area contributed by atoms with E-state index in [1.165, 1.54) is 30.6 Å². The summed E-state index contributed by atoms with van der Waals surface area (Å²) in [6.45, 7) is 2.15. The van der Waals surface area contributed by atoms with Crippen LogP contribution >= 0.6 is 11.3 Å². The topological polar surface area (TPSA) is 89.5 Å². The van der Waals surface area contributed by atoms with Crippen molar-refractivity contribution >= 4 is 38.1 Å². The highest BCUT2D eigenvalue weighted by molar-refractivity contribution is 7.90. The maximum Gasteiger partial charge on any atom is 0.341 e. The Balaban J connectivity index is 2.02. The Hall–Kier alpha value is -2.19. The smallest absolute Gasteiger partial charge is 0.341 e. The number of anilines is 1. The lowest BCUT2D eigenvalue weighted by molar-refractivity contribution is 0.0601. The van der Waals surface area contributed by atoms with Gasteiger partial charge < -0.3 is 10.1 Å². The van der Waals surface area contributed by atoms with Crippen LogP contribution in [0.25, 0.3) is 0 Å². The molecule has 1 heterocycles. The third kappa shape index (κ3) is 3.91. The highest BCUT2D eigenvalue weighted by Gasteiger charge is 2.29. The third-order valence-corrected chi connectivity index (χ3v) is 6.98. The molecule has 0 radical (unpaired) electrons. The SMILES string of the molecule is COC(=O)c1c(NC(=O)c2ccccc2S(C)(=O)=O)sc2c1CC[C@@H](C)C2. The van der Waals surface area contributed by atoms with E-state index in [-0.39, 0.29) is 10.5 Å². The Labute approximate surface area is 162 Å². The molecule has 27 heavy (non-hydrogen) atoms. The summed E-state index contributed by atoms with van der Waals surface area (Å²) < 4.78 is 28.9. The molecular formula is C19H21NO5S2. The summed E-state index contributed by atoms with van der Waals surface area (Å²) in [6.07, 6.45) is 3.63. The Kier molecular flexibility index (Phi) is 5.39. The minimum absolute atomic E-state index is 0.0444. The fraction of sp³-hybridized carbons (Fsp3) is 0.368. The first-order valence-electron chi connectivity index (χ1n) is 8.55. The van der Waals surface area contributed by atoms with Gasteiger partial charge >= 0.3 is 5.97 Å². The van der Waals surface area contributed by atoms with Crippen LogP contribution in [0.15, 0.2) is 29.2 Å². The molecule has 2 aromatic rings. The van der Waals surface area contributed by atoms with Crippen LogP contribution < -0.4 is 5.32 Å². The normalized spacial score (nSPS) is 16.5. The average Bonchev–Trinajstić information content (AvgIpc) is 2.97. The van der Waals surface area contributed by atoms with Crippen LogP contribution in [0.2, 0.25) is 0 Å². The number of hydrogen-bond acceptors (Lipinski definition) is 6. The standard InChI is InChI=1S/C19H21NO5S2/c1-11-8-9-12-14(10-11)26-18(16(12)19(22)25-2)20-17(21)13-6-4-5-7-15(13)27(3,23)24/h4-7,11H,8-10H2,1-3H3,(H,20,21)/t11-/m1/s1. The van der Waals surface area contributed by atoms with Gasteiger partial charge in [-0.3, -0.25) is 4.79 Å². The molecule has 0 aliphatic heterocycles. The first-order chi connectivity index (χ1) is 12.7. The van der Waals surface area contributed by atoms with Crippen molar-refractivity contribution in [2.75, 3.05) is 18.7 Å². The van der Waals surface area contributed by atoms with Crippen molar-refractivity contribution in [2.24, 2.45) is 5.92 Å². The third-order valence-electron chi connectivity index (χ3n) is 4.66. The van der Waals surface area contributed by atoms with E-state index >= 15 is 0 Å². The van der Waals surface area contributed by atoms with E-state index in [4.69, 9.17) is 4.74 Å².